The molecule has 12 heteroatoms. The number of rotatable bonds is 6. The van der Waals surface area contributed by atoms with E-state index in [1.54, 1.807) is 27.8 Å². The summed E-state index contributed by atoms with van der Waals surface area (Å²) < 4.78 is 42.4. The highest BCUT2D eigenvalue weighted by atomic mass is 19.4. The number of benzene rings is 1. The number of nitrogens with one attached hydrogen (secondary N) is 1. The average Bonchev–Trinajstić information content (AvgIpc) is 3.32. The zero-order valence-electron chi connectivity index (χ0n) is 20.4. The Morgan fingerprint density at radius 1 is 1.11 bits per heavy atom. The Bertz CT molecular complexity index is 1700. The molecular formula is C26H22F3N9. The molecule has 1 aromatic carbocycles. The molecule has 0 unspecified atom stereocenters. The van der Waals surface area contributed by atoms with Crippen LogP contribution in [0.5, 0.6) is 0 Å². The first-order valence-corrected chi connectivity index (χ1v) is 12.4. The molecule has 192 valence electrons. The summed E-state index contributed by atoms with van der Waals surface area (Å²) >= 11 is 0. The smallest absolute Gasteiger partial charge is 0.363 e. The van der Waals surface area contributed by atoms with Crippen molar-refractivity contribution < 1.29 is 13.2 Å². The molecule has 1 fully saturated rings. The standard InChI is InChI=1S/C26H22F3N9/c1-2-18-20(21(15-4-5-15)33-13-32-18)22-35-23(25-30-7-8-38(25)36-22)31-10-14-3-6-17-16(9-14)11-37-12-19(26(27,28)29)34-24(17)37/h3,6-9,12-13,15H,2,4-5,10-11H2,1H3,(H,31,35,36). The second-order valence-electron chi connectivity index (χ2n) is 9.61. The molecular weight excluding hydrogens is 495 g/mol. The third-order valence-corrected chi connectivity index (χ3v) is 7.01. The number of aryl methyl sites for hydroxylation is 1. The highest BCUT2D eigenvalue weighted by Gasteiger charge is 2.36. The summed E-state index contributed by atoms with van der Waals surface area (Å²) in [6.45, 7) is 2.85. The molecule has 1 aliphatic heterocycles. The normalized spacial score (nSPS) is 14.6. The van der Waals surface area contributed by atoms with Crippen molar-refractivity contribution in [2.75, 3.05) is 5.32 Å². The number of aromatic nitrogens is 8. The number of hydrogen-bond acceptors (Lipinski definition) is 7. The van der Waals surface area contributed by atoms with E-state index in [1.165, 1.54) is 0 Å². The quantitative estimate of drug-likeness (QED) is 0.336. The molecule has 0 atom stereocenters. The zero-order chi connectivity index (χ0) is 26.0. The van der Waals surface area contributed by atoms with Gasteiger partial charge in [0.2, 0.25) is 0 Å². The molecule has 4 aromatic heterocycles. The average molecular weight is 518 g/mol. The molecule has 9 nitrogen and oxygen atoms in total. The van der Waals surface area contributed by atoms with Gasteiger partial charge in [-0.05, 0) is 30.4 Å². The third-order valence-electron chi connectivity index (χ3n) is 7.01. The molecule has 1 N–H and O–H groups in total. The molecule has 0 amide bonds. The van der Waals surface area contributed by atoms with Gasteiger partial charge in [-0.3, -0.25) is 0 Å². The lowest BCUT2D eigenvalue weighted by molar-refractivity contribution is -0.140. The Balaban J connectivity index is 1.19. The molecule has 5 heterocycles. The van der Waals surface area contributed by atoms with Crippen LogP contribution in [0.25, 0.3) is 28.4 Å². The molecule has 0 spiro atoms. The van der Waals surface area contributed by atoms with E-state index >= 15 is 0 Å². The summed E-state index contributed by atoms with van der Waals surface area (Å²) in [5.74, 6) is 1.88. The zero-order valence-corrected chi connectivity index (χ0v) is 20.4. The van der Waals surface area contributed by atoms with Gasteiger partial charge in [0.25, 0.3) is 0 Å². The van der Waals surface area contributed by atoms with Gasteiger partial charge in [0.1, 0.15) is 12.2 Å². The molecule has 0 saturated heterocycles. The molecule has 2 aliphatic rings. The summed E-state index contributed by atoms with van der Waals surface area (Å²) in [5.41, 5.74) is 5.13. The van der Waals surface area contributed by atoms with Crippen LogP contribution in [0.1, 0.15) is 53.9 Å². The van der Waals surface area contributed by atoms with E-state index in [2.05, 4.69) is 32.2 Å². The summed E-state index contributed by atoms with van der Waals surface area (Å²) in [7, 11) is 0. The van der Waals surface area contributed by atoms with Gasteiger partial charge in [-0.25, -0.2) is 29.4 Å². The van der Waals surface area contributed by atoms with Crippen molar-refractivity contribution in [3.63, 3.8) is 0 Å². The molecule has 0 bridgehead atoms. The van der Waals surface area contributed by atoms with Gasteiger partial charge < -0.3 is 9.88 Å². The van der Waals surface area contributed by atoms with Crippen LogP contribution in [0, 0.1) is 0 Å². The first-order chi connectivity index (χ1) is 18.4. The van der Waals surface area contributed by atoms with Crippen molar-refractivity contribution in [2.45, 2.75) is 51.4 Å². The maximum Gasteiger partial charge on any atom is 0.434 e. The largest absolute Gasteiger partial charge is 0.434 e. The summed E-state index contributed by atoms with van der Waals surface area (Å²) in [6.07, 6.45) is 4.62. The molecule has 7 rings (SSSR count). The first-order valence-electron chi connectivity index (χ1n) is 12.4. The maximum absolute atomic E-state index is 13.1. The van der Waals surface area contributed by atoms with Gasteiger partial charge in [0.15, 0.2) is 23.0 Å². The van der Waals surface area contributed by atoms with Crippen LogP contribution >= 0.6 is 0 Å². The van der Waals surface area contributed by atoms with Crippen LogP contribution in [0.3, 0.4) is 0 Å². The minimum atomic E-state index is -4.46. The first kappa shape index (κ1) is 22.8. The van der Waals surface area contributed by atoms with Gasteiger partial charge in [-0.15, -0.1) is 5.10 Å². The summed E-state index contributed by atoms with van der Waals surface area (Å²) in [5, 5.41) is 8.11. The SMILES string of the molecule is CCc1ncnc(C2CC2)c1-c1nc(NCc2ccc3c(c2)Cn2cc(C(F)(F)F)nc2-3)c2nccn2n1. The fraction of sp³-hybridized carbons (Fsp3) is 0.308. The van der Waals surface area contributed by atoms with E-state index in [-0.39, 0.29) is 0 Å². The summed E-state index contributed by atoms with van der Waals surface area (Å²) in [6, 6.07) is 5.70. The lowest BCUT2D eigenvalue weighted by atomic mass is 10.1. The second-order valence-corrected chi connectivity index (χ2v) is 9.61. The third kappa shape index (κ3) is 3.78. The fourth-order valence-corrected chi connectivity index (χ4v) is 5.03. The van der Waals surface area contributed by atoms with Gasteiger partial charge in [0.05, 0.1) is 17.0 Å². The Kier molecular flexibility index (Phi) is 5.00. The molecule has 38 heavy (non-hydrogen) atoms. The minimum absolute atomic E-state index is 0.342. The lowest BCUT2D eigenvalue weighted by Gasteiger charge is -2.13. The van der Waals surface area contributed by atoms with Crippen LogP contribution in [0.4, 0.5) is 19.0 Å². The van der Waals surface area contributed by atoms with E-state index in [4.69, 9.17) is 10.1 Å². The number of anilines is 1. The minimum Gasteiger partial charge on any atom is -0.363 e. The van der Waals surface area contributed by atoms with E-state index < -0.39 is 11.9 Å². The van der Waals surface area contributed by atoms with Crippen LogP contribution in [-0.2, 0) is 25.7 Å². The number of nitrogens with zero attached hydrogens (tertiary/aromatic N) is 8. The number of hydrogen-bond donors (Lipinski definition) is 1. The van der Waals surface area contributed by atoms with Gasteiger partial charge in [0, 0.05) is 43.2 Å². The van der Waals surface area contributed by atoms with E-state index in [1.807, 2.05) is 18.2 Å². The molecule has 0 radical (unpaired) electrons. The number of fused-ring (bicyclic) bond motifs is 4. The Hall–Kier alpha value is -4.35. The number of halogens is 3. The van der Waals surface area contributed by atoms with Crippen molar-refractivity contribution >= 4 is 11.5 Å². The molecule has 1 saturated carbocycles. The number of alkyl halides is 3. The van der Waals surface area contributed by atoms with Crippen molar-refractivity contribution in [3.8, 4) is 22.8 Å². The van der Waals surface area contributed by atoms with Crippen LogP contribution in [0.2, 0.25) is 0 Å². The molecule has 5 aromatic rings. The van der Waals surface area contributed by atoms with Crippen LogP contribution < -0.4 is 5.32 Å². The van der Waals surface area contributed by atoms with Gasteiger partial charge in [-0.2, -0.15) is 13.2 Å². The second kappa shape index (κ2) is 8.33. The lowest BCUT2D eigenvalue weighted by Crippen LogP contribution is -2.10. The van der Waals surface area contributed by atoms with Crippen molar-refractivity contribution in [1.29, 1.82) is 0 Å². The van der Waals surface area contributed by atoms with Gasteiger partial charge in [-0.1, -0.05) is 25.1 Å². The predicted octanol–water partition coefficient (Wildman–Crippen LogP) is 4.88. The van der Waals surface area contributed by atoms with E-state index in [0.717, 1.165) is 53.5 Å². The van der Waals surface area contributed by atoms with Crippen molar-refractivity contribution in [3.05, 3.63) is 71.3 Å². The van der Waals surface area contributed by atoms with E-state index in [9.17, 15) is 13.2 Å². The molecule has 1 aliphatic carbocycles. The van der Waals surface area contributed by atoms with Crippen molar-refractivity contribution in [1.82, 2.24) is 39.1 Å². The summed E-state index contributed by atoms with van der Waals surface area (Å²) in [4.78, 5) is 22.2. The van der Waals surface area contributed by atoms with Crippen LogP contribution in [0.15, 0.2) is 43.1 Å². The van der Waals surface area contributed by atoms with Gasteiger partial charge >= 0.3 is 6.18 Å². The maximum atomic E-state index is 13.1. The fourth-order valence-electron chi connectivity index (χ4n) is 5.03. The Morgan fingerprint density at radius 2 is 1.97 bits per heavy atom. The highest BCUT2D eigenvalue weighted by Crippen LogP contribution is 2.43. The monoisotopic (exact) mass is 517 g/mol. The van der Waals surface area contributed by atoms with Crippen LogP contribution in [-0.4, -0.2) is 39.1 Å². The highest BCUT2D eigenvalue weighted by molar-refractivity contribution is 5.70. The number of imidazole rings is 2. The van der Waals surface area contributed by atoms with Crippen molar-refractivity contribution in [2.24, 2.45) is 0 Å². The van der Waals surface area contributed by atoms with E-state index in [0.29, 0.717) is 47.7 Å². The predicted molar refractivity (Wildman–Crippen MR) is 132 cm³/mol. The Morgan fingerprint density at radius 3 is 2.76 bits per heavy atom. The topological polar surface area (TPSA) is 98.7 Å². The Labute approximate surface area is 214 Å².